The third kappa shape index (κ3) is 4.56. The van der Waals surface area contributed by atoms with E-state index < -0.39 is 0 Å². The van der Waals surface area contributed by atoms with Gasteiger partial charge in [-0.1, -0.05) is 13.3 Å². The molecule has 0 aliphatic heterocycles. The van der Waals surface area contributed by atoms with Crippen LogP contribution in [0.25, 0.3) is 11.0 Å². The topological polar surface area (TPSA) is 112 Å². The highest BCUT2D eigenvalue weighted by Crippen LogP contribution is 2.34. The second-order valence-electron chi connectivity index (χ2n) is 7.19. The molecule has 0 amide bonds. The zero-order valence-electron chi connectivity index (χ0n) is 18.3. The van der Waals surface area contributed by atoms with E-state index in [-0.39, 0.29) is 12.0 Å². The molecule has 0 radical (unpaired) electrons. The Morgan fingerprint density at radius 3 is 2.47 bits per heavy atom. The monoisotopic (exact) mass is 413 g/mol. The Hall–Kier alpha value is -3.07. The molecule has 2 aromatic heterocycles. The minimum Gasteiger partial charge on any atom is -0.496 e. The standard InChI is InChI=1S/C21H31N7O2/c1-6-7-8-24-20-19-16(25-21(22)26-20)12-28(27-19)11-15-17(29-4)9-14(13(2)23-3)10-18(15)30-5/h9-10,12-13,23H,6-8,11H2,1-5H3,(H3,22,24,25,26). The van der Waals surface area contributed by atoms with E-state index in [2.05, 4.69) is 34.4 Å². The first kappa shape index (κ1) is 21.6. The maximum atomic E-state index is 5.89. The highest BCUT2D eigenvalue weighted by molar-refractivity contribution is 5.85. The molecule has 30 heavy (non-hydrogen) atoms. The molecule has 4 N–H and O–H groups in total. The van der Waals surface area contributed by atoms with Crippen LogP contribution >= 0.6 is 0 Å². The Kier molecular flexibility index (Phi) is 6.94. The van der Waals surface area contributed by atoms with Crippen LogP contribution in [0.2, 0.25) is 0 Å². The molecular formula is C21H31N7O2. The normalized spacial score (nSPS) is 12.2. The fourth-order valence-electron chi connectivity index (χ4n) is 3.30. The molecule has 1 unspecified atom stereocenters. The van der Waals surface area contributed by atoms with Gasteiger partial charge < -0.3 is 25.8 Å². The Bertz CT molecular complexity index is 977. The van der Waals surface area contributed by atoms with E-state index in [1.54, 1.807) is 14.2 Å². The van der Waals surface area contributed by atoms with Gasteiger partial charge in [0.15, 0.2) is 11.3 Å². The Morgan fingerprint density at radius 1 is 1.17 bits per heavy atom. The number of nitrogens with zero attached hydrogens (tertiary/aromatic N) is 4. The van der Waals surface area contributed by atoms with Crippen LogP contribution in [0, 0.1) is 0 Å². The van der Waals surface area contributed by atoms with Crippen molar-refractivity contribution in [1.29, 1.82) is 0 Å². The van der Waals surface area contributed by atoms with Crippen molar-refractivity contribution in [1.82, 2.24) is 25.1 Å². The number of methoxy groups -OCH3 is 2. The smallest absolute Gasteiger partial charge is 0.222 e. The molecule has 9 heteroatoms. The molecule has 9 nitrogen and oxygen atoms in total. The van der Waals surface area contributed by atoms with Crippen LogP contribution in [0.3, 0.4) is 0 Å². The fraction of sp³-hybridized carbons (Fsp3) is 0.476. The van der Waals surface area contributed by atoms with Gasteiger partial charge in [0.25, 0.3) is 0 Å². The third-order valence-corrected chi connectivity index (χ3v) is 5.13. The Labute approximate surface area is 177 Å². The number of hydrogen-bond donors (Lipinski definition) is 3. The average Bonchev–Trinajstić information content (AvgIpc) is 3.15. The fourth-order valence-corrected chi connectivity index (χ4v) is 3.30. The number of unbranched alkanes of at least 4 members (excludes halogenated alkanes) is 1. The molecule has 0 aliphatic carbocycles. The highest BCUT2D eigenvalue weighted by atomic mass is 16.5. The van der Waals surface area contributed by atoms with E-state index in [0.717, 1.165) is 42.0 Å². The number of nitrogens with one attached hydrogen (secondary N) is 2. The summed E-state index contributed by atoms with van der Waals surface area (Å²) in [5.74, 6) is 2.37. The summed E-state index contributed by atoms with van der Waals surface area (Å²) in [7, 11) is 5.24. The van der Waals surface area contributed by atoms with Crippen molar-refractivity contribution in [2.45, 2.75) is 39.3 Å². The first-order valence-electron chi connectivity index (χ1n) is 10.2. The lowest BCUT2D eigenvalue weighted by molar-refractivity contribution is 0.380. The first-order chi connectivity index (χ1) is 14.5. The van der Waals surface area contributed by atoms with Crippen LogP contribution in [0.4, 0.5) is 11.8 Å². The lowest BCUT2D eigenvalue weighted by atomic mass is 10.0. The van der Waals surface area contributed by atoms with E-state index >= 15 is 0 Å². The van der Waals surface area contributed by atoms with Crippen LogP contribution in [0.15, 0.2) is 18.3 Å². The van der Waals surface area contributed by atoms with E-state index in [0.29, 0.717) is 23.4 Å². The van der Waals surface area contributed by atoms with Crippen molar-refractivity contribution >= 4 is 22.8 Å². The van der Waals surface area contributed by atoms with Crippen LogP contribution in [0.5, 0.6) is 11.5 Å². The molecule has 1 aromatic carbocycles. The summed E-state index contributed by atoms with van der Waals surface area (Å²) in [5.41, 5.74) is 9.27. The number of fused-ring (bicyclic) bond motifs is 1. The van der Waals surface area contributed by atoms with Gasteiger partial charge in [0.2, 0.25) is 5.95 Å². The first-order valence-corrected chi connectivity index (χ1v) is 10.2. The minimum absolute atomic E-state index is 0.171. The molecule has 2 heterocycles. The molecule has 0 saturated carbocycles. The summed E-state index contributed by atoms with van der Waals surface area (Å²) in [6.45, 7) is 5.50. The quantitative estimate of drug-likeness (QED) is 0.435. The number of ether oxygens (including phenoxy) is 2. The molecule has 0 fully saturated rings. The van der Waals surface area contributed by atoms with Gasteiger partial charge in [0, 0.05) is 12.6 Å². The number of benzene rings is 1. The van der Waals surface area contributed by atoms with Crippen molar-refractivity contribution in [3.05, 3.63) is 29.5 Å². The van der Waals surface area contributed by atoms with E-state index in [4.69, 9.17) is 20.3 Å². The van der Waals surface area contributed by atoms with E-state index in [9.17, 15) is 0 Å². The minimum atomic E-state index is 0.171. The molecule has 3 aromatic rings. The summed E-state index contributed by atoms with van der Waals surface area (Å²) in [5, 5.41) is 11.3. The van der Waals surface area contributed by atoms with Crippen LogP contribution in [-0.2, 0) is 6.54 Å². The number of rotatable bonds is 10. The zero-order chi connectivity index (χ0) is 21.7. The summed E-state index contributed by atoms with van der Waals surface area (Å²) in [4.78, 5) is 8.66. The molecule has 3 rings (SSSR count). The van der Waals surface area contributed by atoms with E-state index in [1.165, 1.54) is 0 Å². The summed E-state index contributed by atoms with van der Waals surface area (Å²) >= 11 is 0. The third-order valence-electron chi connectivity index (χ3n) is 5.13. The second-order valence-corrected chi connectivity index (χ2v) is 7.19. The number of hydrogen-bond acceptors (Lipinski definition) is 8. The van der Waals surface area contributed by atoms with Gasteiger partial charge in [-0.3, -0.25) is 4.68 Å². The van der Waals surface area contributed by atoms with Gasteiger partial charge in [-0.25, -0.2) is 4.98 Å². The molecule has 0 bridgehead atoms. The number of nitrogens with two attached hydrogens (primary N) is 1. The molecule has 0 spiro atoms. The van der Waals surface area contributed by atoms with Gasteiger partial charge >= 0.3 is 0 Å². The van der Waals surface area contributed by atoms with Crippen LogP contribution < -0.4 is 25.8 Å². The van der Waals surface area contributed by atoms with Gasteiger partial charge in [-0.05, 0) is 38.1 Å². The Balaban J connectivity index is 1.98. The van der Waals surface area contributed by atoms with E-state index in [1.807, 2.05) is 30.1 Å². The maximum Gasteiger partial charge on any atom is 0.222 e. The second kappa shape index (κ2) is 9.62. The number of nitrogen functional groups attached to an aromatic ring is 1. The average molecular weight is 414 g/mol. The molecule has 0 aliphatic rings. The predicted octanol–water partition coefficient (Wildman–Crippen LogP) is 2.97. The predicted molar refractivity (Wildman–Crippen MR) is 119 cm³/mol. The maximum absolute atomic E-state index is 5.89. The van der Waals surface area contributed by atoms with Crippen molar-refractivity contribution in [3.8, 4) is 11.5 Å². The number of aromatic nitrogens is 4. The van der Waals surface area contributed by atoms with Crippen molar-refractivity contribution in [2.24, 2.45) is 0 Å². The SMILES string of the molecule is CCCCNc1nc(N)nc2cn(Cc3c(OC)cc(C(C)NC)cc3OC)nc12. The molecule has 1 atom stereocenters. The Morgan fingerprint density at radius 2 is 1.87 bits per heavy atom. The molecule has 0 saturated heterocycles. The zero-order valence-corrected chi connectivity index (χ0v) is 18.3. The number of anilines is 2. The lowest BCUT2D eigenvalue weighted by Crippen LogP contribution is -2.13. The molecular weight excluding hydrogens is 382 g/mol. The van der Waals surface area contributed by atoms with Crippen LogP contribution in [0.1, 0.15) is 43.9 Å². The lowest BCUT2D eigenvalue weighted by Gasteiger charge is -2.18. The summed E-state index contributed by atoms with van der Waals surface area (Å²) in [6.07, 6.45) is 3.99. The van der Waals surface area contributed by atoms with Gasteiger partial charge in [0.1, 0.15) is 17.0 Å². The van der Waals surface area contributed by atoms with Crippen molar-refractivity contribution in [3.63, 3.8) is 0 Å². The summed E-state index contributed by atoms with van der Waals surface area (Å²) < 4.78 is 13.1. The summed E-state index contributed by atoms with van der Waals surface area (Å²) in [6, 6.07) is 4.22. The largest absolute Gasteiger partial charge is 0.496 e. The van der Waals surface area contributed by atoms with Gasteiger partial charge in [-0.2, -0.15) is 10.1 Å². The molecule has 162 valence electrons. The van der Waals surface area contributed by atoms with Gasteiger partial charge in [0.05, 0.1) is 32.5 Å². The van der Waals surface area contributed by atoms with Crippen molar-refractivity contribution < 1.29 is 9.47 Å². The highest BCUT2D eigenvalue weighted by Gasteiger charge is 2.18. The van der Waals surface area contributed by atoms with Crippen LogP contribution in [-0.4, -0.2) is 47.6 Å². The van der Waals surface area contributed by atoms with Gasteiger partial charge in [-0.15, -0.1) is 0 Å². The van der Waals surface area contributed by atoms with Crippen molar-refractivity contribution in [2.75, 3.05) is 38.9 Å².